The number of rotatable bonds is 6. The molecule has 5 nitrogen and oxygen atoms in total. The number of esters is 1. The number of nitrogens with one attached hydrogen (secondary N) is 2. The quantitative estimate of drug-likeness (QED) is 0.712. The van der Waals surface area contributed by atoms with Gasteiger partial charge in [0.05, 0.1) is 13.5 Å². The van der Waals surface area contributed by atoms with Crippen LogP contribution in [-0.4, -0.2) is 37.6 Å². The summed E-state index contributed by atoms with van der Waals surface area (Å²) >= 11 is 0. The summed E-state index contributed by atoms with van der Waals surface area (Å²) in [6.45, 7) is 5.77. The number of piperidine rings is 1. The van der Waals surface area contributed by atoms with Gasteiger partial charge in [-0.2, -0.15) is 0 Å². The van der Waals surface area contributed by atoms with Crippen molar-refractivity contribution in [1.29, 1.82) is 0 Å². The van der Waals surface area contributed by atoms with Crippen LogP contribution in [0.3, 0.4) is 0 Å². The second-order valence-corrected chi connectivity index (χ2v) is 5.25. The van der Waals surface area contributed by atoms with Gasteiger partial charge >= 0.3 is 5.97 Å². The van der Waals surface area contributed by atoms with Crippen LogP contribution in [0.1, 0.15) is 46.0 Å². The Balaban J connectivity index is 2.65. The van der Waals surface area contributed by atoms with E-state index in [1.54, 1.807) is 0 Å². The van der Waals surface area contributed by atoms with Gasteiger partial charge < -0.3 is 15.4 Å². The van der Waals surface area contributed by atoms with Crippen LogP contribution in [-0.2, 0) is 14.3 Å². The molecule has 1 rings (SSSR count). The Kier molecular flexibility index (Phi) is 6.28. The van der Waals surface area contributed by atoms with Crippen molar-refractivity contribution in [2.45, 2.75) is 51.5 Å². The van der Waals surface area contributed by atoms with Gasteiger partial charge in [-0.05, 0) is 38.8 Å². The minimum atomic E-state index is -0.463. The van der Waals surface area contributed by atoms with E-state index in [-0.39, 0.29) is 24.2 Å². The maximum Gasteiger partial charge on any atom is 0.307 e. The lowest BCUT2D eigenvalue weighted by Gasteiger charge is -2.34. The second-order valence-electron chi connectivity index (χ2n) is 5.25. The normalized spacial score (nSPS) is 17.0. The summed E-state index contributed by atoms with van der Waals surface area (Å²) in [5.41, 5.74) is -0.463. The van der Waals surface area contributed by atoms with E-state index in [0.29, 0.717) is 0 Å². The number of carbonyl (C=O) groups is 2. The zero-order chi connectivity index (χ0) is 14.3. The summed E-state index contributed by atoms with van der Waals surface area (Å²) in [7, 11) is 1.38. The first-order valence-corrected chi connectivity index (χ1v) is 7.16. The predicted octanol–water partition coefficient (Wildman–Crippen LogP) is 1.22. The van der Waals surface area contributed by atoms with Gasteiger partial charge in [0, 0.05) is 11.5 Å². The first-order valence-electron chi connectivity index (χ1n) is 7.16. The van der Waals surface area contributed by atoms with Crippen molar-refractivity contribution in [2.24, 2.45) is 5.92 Å². The molecular formula is C14H26N2O3. The van der Waals surface area contributed by atoms with Gasteiger partial charge in [-0.3, -0.25) is 9.59 Å². The molecule has 1 saturated heterocycles. The van der Waals surface area contributed by atoms with Gasteiger partial charge in [-0.25, -0.2) is 0 Å². The van der Waals surface area contributed by atoms with Gasteiger partial charge in [0.2, 0.25) is 5.91 Å². The van der Waals surface area contributed by atoms with E-state index in [9.17, 15) is 9.59 Å². The Morgan fingerprint density at radius 3 is 2.32 bits per heavy atom. The third-order valence-electron chi connectivity index (χ3n) is 4.16. The van der Waals surface area contributed by atoms with Gasteiger partial charge in [0.25, 0.3) is 0 Å². The Bertz CT molecular complexity index is 308. The van der Waals surface area contributed by atoms with Crippen molar-refractivity contribution in [3.8, 4) is 0 Å². The molecule has 1 aliphatic rings. The molecule has 0 spiro atoms. The van der Waals surface area contributed by atoms with Gasteiger partial charge in [0.15, 0.2) is 0 Å². The van der Waals surface area contributed by atoms with E-state index in [1.807, 2.05) is 13.8 Å². The minimum Gasteiger partial charge on any atom is -0.469 e. The fraction of sp³-hybridized carbons (Fsp3) is 0.857. The minimum absolute atomic E-state index is 0.0661. The molecule has 1 fully saturated rings. The third kappa shape index (κ3) is 4.49. The SMILES string of the molecule is CCC(CC)(CC(=O)OC)NC(=O)C1CCNCC1. The Hall–Kier alpha value is -1.10. The Labute approximate surface area is 115 Å². The first-order chi connectivity index (χ1) is 9.06. The van der Waals surface area contributed by atoms with Crippen LogP contribution in [0, 0.1) is 5.92 Å². The fourth-order valence-corrected chi connectivity index (χ4v) is 2.52. The van der Waals surface area contributed by atoms with Crippen LogP contribution in [0.25, 0.3) is 0 Å². The molecule has 0 saturated carbocycles. The highest BCUT2D eigenvalue weighted by Crippen LogP contribution is 2.22. The Morgan fingerprint density at radius 1 is 1.26 bits per heavy atom. The smallest absolute Gasteiger partial charge is 0.307 e. The van der Waals surface area contributed by atoms with E-state index in [1.165, 1.54) is 7.11 Å². The number of carbonyl (C=O) groups excluding carboxylic acids is 2. The molecule has 1 heterocycles. The monoisotopic (exact) mass is 270 g/mol. The van der Waals surface area contributed by atoms with E-state index in [0.717, 1.165) is 38.8 Å². The van der Waals surface area contributed by atoms with Crippen LogP contribution < -0.4 is 10.6 Å². The van der Waals surface area contributed by atoms with Crippen LogP contribution in [0.15, 0.2) is 0 Å². The molecular weight excluding hydrogens is 244 g/mol. The van der Waals surface area contributed by atoms with E-state index >= 15 is 0 Å². The molecule has 5 heteroatoms. The number of ether oxygens (including phenoxy) is 1. The van der Waals surface area contributed by atoms with Crippen molar-refractivity contribution >= 4 is 11.9 Å². The summed E-state index contributed by atoms with van der Waals surface area (Å²) in [5, 5.41) is 6.34. The van der Waals surface area contributed by atoms with Crippen molar-refractivity contribution in [2.75, 3.05) is 20.2 Å². The van der Waals surface area contributed by atoms with Crippen LogP contribution in [0.4, 0.5) is 0 Å². The summed E-state index contributed by atoms with van der Waals surface area (Å²) in [6.07, 6.45) is 3.44. The highest BCUT2D eigenvalue weighted by Gasteiger charge is 2.33. The maximum absolute atomic E-state index is 12.3. The fourth-order valence-electron chi connectivity index (χ4n) is 2.52. The summed E-state index contributed by atoms with van der Waals surface area (Å²) in [5.74, 6) is -0.125. The summed E-state index contributed by atoms with van der Waals surface area (Å²) in [4.78, 5) is 23.8. The molecule has 0 atom stereocenters. The molecule has 0 aromatic carbocycles. The first kappa shape index (κ1) is 16.0. The van der Waals surface area contributed by atoms with Crippen molar-refractivity contribution in [3.05, 3.63) is 0 Å². The van der Waals surface area contributed by atoms with Crippen LogP contribution in [0.5, 0.6) is 0 Å². The summed E-state index contributed by atoms with van der Waals surface area (Å²) in [6, 6.07) is 0. The van der Waals surface area contributed by atoms with Crippen molar-refractivity contribution in [1.82, 2.24) is 10.6 Å². The number of hydrogen-bond donors (Lipinski definition) is 2. The number of amides is 1. The lowest BCUT2D eigenvalue weighted by atomic mass is 9.87. The van der Waals surface area contributed by atoms with Crippen molar-refractivity contribution in [3.63, 3.8) is 0 Å². The molecule has 19 heavy (non-hydrogen) atoms. The predicted molar refractivity (Wildman–Crippen MR) is 73.7 cm³/mol. The highest BCUT2D eigenvalue weighted by molar-refractivity contribution is 5.81. The second kappa shape index (κ2) is 7.48. The van der Waals surface area contributed by atoms with E-state index in [2.05, 4.69) is 10.6 Å². The molecule has 0 bridgehead atoms. The van der Waals surface area contributed by atoms with E-state index < -0.39 is 5.54 Å². The number of methoxy groups -OCH3 is 1. The highest BCUT2D eigenvalue weighted by atomic mass is 16.5. The molecule has 1 aliphatic heterocycles. The molecule has 2 N–H and O–H groups in total. The van der Waals surface area contributed by atoms with Crippen LogP contribution in [0.2, 0.25) is 0 Å². The average molecular weight is 270 g/mol. The van der Waals surface area contributed by atoms with Gasteiger partial charge in [-0.15, -0.1) is 0 Å². The molecule has 110 valence electrons. The van der Waals surface area contributed by atoms with Gasteiger partial charge in [0.1, 0.15) is 0 Å². The molecule has 0 aromatic rings. The van der Waals surface area contributed by atoms with Crippen molar-refractivity contribution < 1.29 is 14.3 Å². The lowest BCUT2D eigenvalue weighted by molar-refractivity contribution is -0.143. The number of hydrogen-bond acceptors (Lipinski definition) is 4. The molecule has 0 aliphatic carbocycles. The average Bonchev–Trinajstić information content (AvgIpc) is 2.47. The van der Waals surface area contributed by atoms with E-state index in [4.69, 9.17) is 4.74 Å². The summed E-state index contributed by atoms with van der Waals surface area (Å²) < 4.78 is 4.74. The largest absolute Gasteiger partial charge is 0.469 e. The Morgan fingerprint density at radius 2 is 1.84 bits per heavy atom. The standard InChI is InChI=1S/C14H26N2O3/c1-4-14(5-2,10-12(17)19-3)16-13(18)11-6-8-15-9-7-11/h11,15H,4-10H2,1-3H3,(H,16,18). The third-order valence-corrected chi connectivity index (χ3v) is 4.16. The molecule has 0 radical (unpaired) electrons. The molecule has 0 aromatic heterocycles. The zero-order valence-electron chi connectivity index (χ0n) is 12.3. The van der Waals surface area contributed by atoms with Gasteiger partial charge in [-0.1, -0.05) is 13.8 Å². The van der Waals surface area contributed by atoms with Crippen LogP contribution >= 0.6 is 0 Å². The topological polar surface area (TPSA) is 67.4 Å². The molecule has 1 amide bonds. The molecule has 0 unspecified atom stereocenters. The maximum atomic E-state index is 12.3. The zero-order valence-corrected chi connectivity index (χ0v) is 12.3. The lowest BCUT2D eigenvalue weighted by Crippen LogP contribution is -2.52.